The molecule has 0 saturated carbocycles. The molecule has 0 bridgehead atoms. The Morgan fingerprint density at radius 1 is 1.19 bits per heavy atom. The number of amides is 1. The molecule has 1 aromatic carbocycles. The van der Waals surface area contributed by atoms with Crippen LogP contribution in [0, 0.1) is 0 Å². The lowest BCUT2D eigenvalue weighted by Crippen LogP contribution is -2.35. The number of H-pyrrole nitrogens is 1. The maximum Gasteiger partial charge on any atom is 0.261 e. The Balaban J connectivity index is 1.72. The average molecular weight is 386 g/mol. The first-order valence-electron chi connectivity index (χ1n) is 8.91. The van der Waals surface area contributed by atoms with E-state index in [2.05, 4.69) is 10.3 Å². The SMILES string of the molecule is CC(/C=C/S(=O)(=O)c1ccccc1)NC(=O)c1cc2c([nH]c1=O)CCCC2. The highest BCUT2D eigenvalue weighted by molar-refractivity contribution is 7.94. The second-order valence-corrected chi connectivity index (χ2v) is 8.51. The monoisotopic (exact) mass is 386 g/mol. The zero-order valence-corrected chi connectivity index (χ0v) is 15.9. The van der Waals surface area contributed by atoms with Crippen LogP contribution in [0.1, 0.15) is 41.4 Å². The molecule has 3 rings (SSSR count). The minimum atomic E-state index is -3.58. The topological polar surface area (TPSA) is 96.1 Å². The molecule has 6 nitrogen and oxygen atoms in total. The van der Waals surface area contributed by atoms with Gasteiger partial charge >= 0.3 is 0 Å². The number of carbonyl (C=O) groups is 1. The standard InChI is InChI=1S/C20H22N2O4S/c1-14(11-12-27(25,26)16-8-3-2-4-9-16)21-19(23)17-13-15-7-5-6-10-18(15)22-20(17)24/h2-4,8-9,11-14H,5-7,10H2,1H3,(H,21,23)(H,22,24)/b12-11+. The number of rotatable bonds is 5. The van der Waals surface area contributed by atoms with Crippen LogP contribution < -0.4 is 10.9 Å². The summed E-state index contributed by atoms with van der Waals surface area (Å²) in [5, 5.41) is 3.73. The van der Waals surface area contributed by atoms with E-state index in [1.165, 1.54) is 18.2 Å². The van der Waals surface area contributed by atoms with E-state index in [1.807, 2.05) is 0 Å². The molecule has 0 fully saturated rings. The quantitative estimate of drug-likeness (QED) is 0.824. The predicted molar refractivity (Wildman–Crippen MR) is 103 cm³/mol. The van der Waals surface area contributed by atoms with Gasteiger partial charge in [0.2, 0.25) is 0 Å². The molecule has 142 valence electrons. The third-order valence-electron chi connectivity index (χ3n) is 4.56. The van der Waals surface area contributed by atoms with Crippen molar-refractivity contribution in [3.63, 3.8) is 0 Å². The van der Waals surface area contributed by atoms with Gasteiger partial charge in [0.1, 0.15) is 5.56 Å². The van der Waals surface area contributed by atoms with Crippen LogP contribution >= 0.6 is 0 Å². The molecule has 1 amide bonds. The molecule has 0 saturated heterocycles. The Kier molecular flexibility index (Phi) is 5.60. The van der Waals surface area contributed by atoms with Crippen LogP contribution in [0.25, 0.3) is 0 Å². The number of hydrogen-bond donors (Lipinski definition) is 2. The maximum atomic E-state index is 12.4. The average Bonchev–Trinajstić information content (AvgIpc) is 2.66. The van der Waals surface area contributed by atoms with E-state index in [4.69, 9.17) is 0 Å². The molecule has 1 heterocycles. The van der Waals surface area contributed by atoms with E-state index >= 15 is 0 Å². The highest BCUT2D eigenvalue weighted by Crippen LogP contribution is 2.18. The molecular weight excluding hydrogens is 364 g/mol. The maximum absolute atomic E-state index is 12.4. The highest BCUT2D eigenvalue weighted by Gasteiger charge is 2.18. The molecule has 0 aliphatic heterocycles. The van der Waals surface area contributed by atoms with Crippen molar-refractivity contribution in [2.24, 2.45) is 0 Å². The second kappa shape index (κ2) is 7.92. The van der Waals surface area contributed by atoms with Gasteiger partial charge in [-0.15, -0.1) is 0 Å². The summed E-state index contributed by atoms with van der Waals surface area (Å²) in [7, 11) is -3.58. The fraction of sp³-hybridized carbons (Fsp3) is 0.300. The van der Waals surface area contributed by atoms with E-state index in [-0.39, 0.29) is 10.5 Å². The minimum absolute atomic E-state index is 0.0572. The lowest BCUT2D eigenvalue weighted by Gasteiger charge is -2.16. The summed E-state index contributed by atoms with van der Waals surface area (Å²) < 4.78 is 24.5. The van der Waals surface area contributed by atoms with Gasteiger partial charge in [0.15, 0.2) is 9.84 Å². The van der Waals surface area contributed by atoms with Crippen molar-refractivity contribution < 1.29 is 13.2 Å². The fourth-order valence-corrected chi connectivity index (χ4v) is 4.22. The van der Waals surface area contributed by atoms with Gasteiger partial charge in [-0.25, -0.2) is 8.42 Å². The molecular formula is C20H22N2O4S. The second-order valence-electron chi connectivity index (χ2n) is 6.67. The van der Waals surface area contributed by atoms with E-state index in [0.717, 1.165) is 42.3 Å². The molecule has 2 N–H and O–H groups in total. The molecule has 1 atom stereocenters. The zero-order chi connectivity index (χ0) is 19.4. The van der Waals surface area contributed by atoms with Gasteiger partial charge in [0.25, 0.3) is 11.5 Å². The van der Waals surface area contributed by atoms with E-state index in [0.29, 0.717) is 0 Å². The number of fused-ring (bicyclic) bond motifs is 1. The number of benzene rings is 1. The molecule has 1 aliphatic carbocycles. The molecule has 1 aromatic heterocycles. The molecule has 27 heavy (non-hydrogen) atoms. The van der Waals surface area contributed by atoms with Gasteiger partial charge in [-0.3, -0.25) is 9.59 Å². The van der Waals surface area contributed by atoms with Gasteiger partial charge in [-0.1, -0.05) is 24.3 Å². The molecule has 1 unspecified atom stereocenters. The zero-order valence-electron chi connectivity index (χ0n) is 15.1. The number of hydrogen-bond acceptors (Lipinski definition) is 4. The Morgan fingerprint density at radius 2 is 1.89 bits per heavy atom. The first-order chi connectivity index (χ1) is 12.9. The Bertz CT molecular complexity index is 1020. The largest absolute Gasteiger partial charge is 0.346 e. The summed E-state index contributed by atoms with van der Waals surface area (Å²) in [6.07, 6.45) is 5.13. The van der Waals surface area contributed by atoms with Gasteiger partial charge < -0.3 is 10.3 Å². The van der Waals surface area contributed by atoms with Crippen LogP contribution in [0.15, 0.2) is 57.6 Å². The minimum Gasteiger partial charge on any atom is -0.346 e. The van der Waals surface area contributed by atoms with E-state index in [9.17, 15) is 18.0 Å². The van der Waals surface area contributed by atoms with E-state index < -0.39 is 27.3 Å². The van der Waals surface area contributed by atoms with Crippen molar-refractivity contribution >= 4 is 15.7 Å². The van der Waals surface area contributed by atoms with Crippen LogP contribution in [0.4, 0.5) is 0 Å². The summed E-state index contributed by atoms with van der Waals surface area (Å²) in [4.78, 5) is 27.6. The van der Waals surface area contributed by atoms with Crippen molar-refractivity contribution in [2.45, 2.75) is 43.5 Å². The fourth-order valence-electron chi connectivity index (χ4n) is 3.09. The van der Waals surface area contributed by atoms with Crippen molar-refractivity contribution in [1.82, 2.24) is 10.3 Å². The summed E-state index contributed by atoms with van der Waals surface area (Å²) >= 11 is 0. The molecule has 2 aromatic rings. The Hall–Kier alpha value is -2.67. The third kappa shape index (κ3) is 4.54. The number of carbonyl (C=O) groups excluding carboxylic acids is 1. The van der Waals surface area contributed by atoms with Crippen LogP contribution in [0.2, 0.25) is 0 Å². The highest BCUT2D eigenvalue weighted by atomic mass is 32.2. The predicted octanol–water partition coefficient (Wildman–Crippen LogP) is 2.36. The number of aromatic nitrogens is 1. The smallest absolute Gasteiger partial charge is 0.261 e. The van der Waals surface area contributed by atoms with Gasteiger partial charge in [-0.05, 0) is 56.4 Å². The number of pyridine rings is 1. The first kappa shape index (κ1) is 19.1. The lowest BCUT2D eigenvalue weighted by molar-refractivity contribution is 0.0945. The summed E-state index contributed by atoms with van der Waals surface area (Å²) in [6, 6.07) is 9.15. The van der Waals surface area contributed by atoms with Gasteiger partial charge in [-0.2, -0.15) is 0 Å². The number of aromatic amines is 1. The summed E-state index contributed by atoms with van der Waals surface area (Å²) in [6.45, 7) is 1.65. The summed E-state index contributed by atoms with van der Waals surface area (Å²) in [5.74, 6) is -0.515. The molecule has 1 aliphatic rings. The van der Waals surface area contributed by atoms with Gasteiger partial charge in [0.05, 0.1) is 4.90 Å². The number of nitrogens with one attached hydrogen (secondary N) is 2. The van der Waals surface area contributed by atoms with Crippen molar-refractivity contribution in [3.8, 4) is 0 Å². The first-order valence-corrected chi connectivity index (χ1v) is 10.5. The molecule has 0 spiro atoms. The van der Waals surface area contributed by atoms with Gasteiger partial charge in [0, 0.05) is 17.1 Å². The third-order valence-corrected chi connectivity index (χ3v) is 6.00. The van der Waals surface area contributed by atoms with Crippen molar-refractivity contribution in [3.05, 3.63) is 75.1 Å². The van der Waals surface area contributed by atoms with Crippen LogP contribution in [0.3, 0.4) is 0 Å². The van der Waals surface area contributed by atoms with Crippen LogP contribution in [-0.2, 0) is 22.7 Å². The Morgan fingerprint density at radius 3 is 2.63 bits per heavy atom. The van der Waals surface area contributed by atoms with Crippen LogP contribution in [-0.4, -0.2) is 25.4 Å². The van der Waals surface area contributed by atoms with Crippen molar-refractivity contribution in [2.75, 3.05) is 0 Å². The van der Waals surface area contributed by atoms with Crippen LogP contribution in [0.5, 0.6) is 0 Å². The molecule has 0 radical (unpaired) electrons. The summed E-state index contributed by atoms with van der Waals surface area (Å²) in [5.41, 5.74) is 1.55. The number of sulfone groups is 1. The normalized spacial score (nSPS) is 15.3. The number of aryl methyl sites for hydroxylation is 2. The molecule has 7 heteroatoms. The lowest BCUT2D eigenvalue weighted by atomic mass is 9.95. The van der Waals surface area contributed by atoms with Crippen molar-refractivity contribution in [1.29, 1.82) is 0 Å². The Labute approximate surface area is 158 Å². The van der Waals surface area contributed by atoms with E-state index in [1.54, 1.807) is 31.2 Å².